The van der Waals surface area contributed by atoms with Gasteiger partial charge in [0.2, 0.25) is 5.91 Å². The van der Waals surface area contributed by atoms with E-state index in [2.05, 4.69) is 65.1 Å². The molecule has 1 atom stereocenters. The summed E-state index contributed by atoms with van der Waals surface area (Å²) in [6.07, 6.45) is 17.0. The van der Waals surface area contributed by atoms with E-state index in [-0.39, 0.29) is 29.1 Å². The number of rotatable bonds is 53. The van der Waals surface area contributed by atoms with Crippen LogP contribution in [0.15, 0.2) is 383 Å². The molecule has 23 heteroatoms. The Morgan fingerprint density at radius 2 is 0.732 bits per heavy atom. The molecule has 142 heavy (non-hydrogen) atoms. The molecular formula is C119H143FN4O10S8. The minimum Gasteiger partial charge on any atom is -0.497 e. The summed E-state index contributed by atoms with van der Waals surface area (Å²) in [6, 6.07) is 109. The van der Waals surface area contributed by atoms with Gasteiger partial charge in [-0.1, -0.05) is 221 Å². The van der Waals surface area contributed by atoms with E-state index in [1.165, 1.54) is 63.9 Å². The molecule has 1 unspecified atom stereocenters. The Bertz CT molecular complexity index is 5300. The fraction of sp³-hybridized carbons (Fsp3) is 0.345. The van der Waals surface area contributed by atoms with Crippen LogP contribution in [-0.2, 0) is 57.6 Å². The molecule has 12 aromatic rings. The van der Waals surface area contributed by atoms with Gasteiger partial charge in [-0.2, -0.15) is 0 Å². The van der Waals surface area contributed by atoms with Crippen LogP contribution in [0.5, 0.6) is 5.75 Å². The zero-order valence-corrected chi connectivity index (χ0v) is 89.9. The highest BCUT2D eigenvalue weighted by Crippen LogP contribution is 2.28. The quantitative estimate of drug-likeness (QED) is 0.0355. The van der Waals surface area contributed by atoms with Crippen molar-refractivity contribution in [3.8, 4) is 5.75 Å². The Labute approximate surface area is 879 Å². The number of furan rings is 1. The fourth-order valence-corrected chi connectivity index (χ4v) is 20.2. The predicted molar refractivity (Wildman–Crippen MR) is 600 cm³/mol. The van der Waals surface area contributed by atoms with Crippen molar-refractivity contribution >= 4 is 140 Å². The van der Waals surface area contributed by atoms with Crippen LogP contribution in [-0.4, -0.2) is 180 Å². The molecule has 1 aromatic heterocycles. The van der Waals surface area contributed by atoms with Crippen LogP contribution in [0.4, 0.5) is 4.39 Å². The first-order valence-electron chi connectivity index (χ1n) is 49.1. The molecular weight excluding hydrogens is 1920 g/mol. The highest BCUT2D eigenvalue weighted by Gasteiger charge is 2.23. The monoisotopic (exact) mass is 2060 g/mol. The molecule has 14 nitrogen and oxygen atoms in total. The number of methoxy groups -OCH3 is 1. The zero-order chi connectivity index (χ0) is 101. The number of hydrogen-bond acceptors (Lipinski definition) is 21. The number of ether oxygens (including phenoxy) is 1. The summed E-state index contributed by atoms with van der Waals surface area (Å²) in [5.41, 5.74) is 3.36. The third-order valence-corrected chi connectivity index (χ3v) is 30.4. The maximum atomic E-state index is 13.0. The Hall–Kier alpha value is -9.73. The normalized spacial score (nSPS) is 11.9. The Morgan fingerprint density at radius 3 is 1.09 bits per heavy atom. The summed E-state index contributed by atoms with van der Waals surface area (Å²) in [4.78, 5) is 110. The maximum Gasteiger partial charge on any atom is 0.230 e. The number of likely N-dealkylation sites (tertiary alicyclic amines) is 1. The summed E-state index contributed by atoms with van der Waals surface area (Å²) in [5, 5.41) is 2.96. The van der Waals surface area contributed by atoms with Gasteiger partial charge in [-0.05, 0) is 280 Å². The molecule has 1 aliphatic heterocycles. The van der Waals surface area contributed by atoms with Gasteiger partial charge in [0.1, 0.15) is 57.8 Å². The number of halogens is 1. The Morgan fingerprint density at radius 1 is 0.380 bits per heavy atom. The van der Waals surface area contributed by atoms with Crippen LogP contribution < -0.4 is 10.1 Å². The van der Waals surface area contributed by atoms with Crippen LogP contribution in [0, 0.1) is 5.82 Å². The number of thioether (sulfide) groups is 8. The fourth-order valence-electron chi connectivity index (χ4n) is 13.8. The topological polar surface area (TPSA) is 181 Å². The number of ketones is 7. The molecule has 14 rings (SSSR count). The highest BCUT2D eigenvalue weighted by molar-refractivity contribution is 8.01. The van der Waals surface area contributed by atoms with Crippen LogP contribution >= 0.6 is 94.1 Å². The van der Waals surface area contributed by atoms with Crippen LogP contribution in [0.3, 0.4) is 0 Å². The maximum absolute atomic E-state index is 13.0. The van der Waals surface area contributed by atoms with Gasteiger partial charge in [0.05, 0.1) is 59.4 Å². The van der Waals surface area contributed by atoms with Crippen molar-refractivity contribution in [2.45, 2.75) is 187 Å². The standard InChI is InChI=1S/C17H17FOS.C17H18O2S.C17H18OS.C15H21NOS.C15H23NOS.C14H14O2S.C13H19NOS.C11H13NOS/c18-15-8-4-6-14(12-15)7-5-9-16(19)13-20-17-10-2-1-3-11-17;1-19-16-11-8-14(9-12-16)7-10-15(18)13-20-17-5-3-2-4-6-17;1-14(15-8-4-2-5-9-15)12-16(18)13-19-17-10-6-3-7-11-17;17-14(7-6-12-16-10-4-5-11-16)13-18-15-8-2-1-3-9-15;1-3-16(4-2)12-8-9-14(17)13-18-15-10-6-5-7-11-15;15-12(8-9-13-5-4-10-16-13)11-17-14-6-2-1-3-7-14;1-14(2)10-6-7-12(15)11-16-13-8-4-3-5-9-13;13-11(12-9-6-7-9)8-14-10-4-2-1-3-5-10/h1-4,6,8,10-12H,5,7,9,13H2;2-6,8-9,11-12H,7,10,13H2,1H3;2-11,14H,12-13H2,1H3;1-3,8-9H,4-7,10-13H2;5-7,10-11H,3-4,8-9,12-13H2,1-2H3;1-7,10H,8-9,11H2;3-5,8-9H,6-7,10-11H2,1-2H3;1-5,9H,6-8H2,(H,12,13). The van der Waals surface area contributed by atoms with Gasteiger partial charge < -0.3 is 29.2 Å². The molecule has 1 amide bonds. The number of carbonyl (C=O) groups is 8. The summed E-state index contributed by atoms with van der Waals surface area (Å²) >= 11 is 12.9. The van der Waals surface area contributed by atoms with Crippen molar-refractivity contribution < 1.29 is 51.9 Å². The third-order valence-electron chi connectivity index (χ3n) is 21.9. The van der Waals surface area contributed by atoms with Crippen molar-refractivity contribution in [2.24, 2.45) is 0 Å². The van der Waals surface area contributed by atoms with Gasteiger partial charge in [-0.3, -0.25) is 38.4 Å². The van der Waals surface area contributed by atoms with E-state index in [0.29, 0.717) is 126 Å². The minimum atomic E-state index is -0.214. The summed E-state index contributed by atoms with van der Waals surface area (Å²) in [7, 11) is 5.71. The summed E-state index contributed by atoms with van der Waals surface area (Å²) < 4.78 is 23.3. The van der Waals surface area contributed by atoms with E-state index in [9.17, 15) is 42.7 Å². The first-order valence-corrected chi connectivity index (χ1v) is 57.0. The van der Waals surface area contributed by atoms with E-state index in [1.54, 1.807) is 114 Å². The molecule has 0 bridgehead atoms. The molecule has 1 N–H and O–H groups in total. The number of hydrogen-bond donors (Lipinski definition) is 1. The predicted octanol–water partition coefficient (Wildman–Crippen LogP) is 28.1. The van der Waals surface area contributed by atoms with E-state index >= 15 is 0 Å². The third kappa shape index (κ3) is 59.5. The zero-order valence-electron chi connectivity index (χ0n) is 83.4. The summed E-state index contributed by atoms with van der Waals surface area (Å²) in [5.74, 6) is 8.62. The molecule has 11 aromatic carbocycles. The van der Waals surface area contributed by atoms with Gasteiger partial charge in [0, 0.05) is 96.6 Å². The second-order valence-corrected chi connectivity index (χ2v) is 42.4. The molecule has 0 radical (unpaired) electrons. The van der Waals surface area contributed by atoms with E-state index < -0.39 is 0 Å². The lowest BCUT2D eigenvalue weighted by Gasteiger charge is -2.17. The number of nitrogens with zero attached hydrogens (tertiary/aromatic N) is 3. The van der Waals surface area contributed by atoms with Gasteiger partial charge in [-0.15, -0.1) is 94.1 Å². The average Bonchev–Trinajstić information content (AvgIpc) is 1.18. The van der Waals surface area contributed by atoms with E-state index in [1.807, 2.05) is 305 Å². The van der Waals surface area contributed by atoms with Gasteiger partial charge in [0.15, 0.2) is 0 Å². The molecule has 2 aliphatic rings. The number of benzene rings is 11. The van der Waals surface area contributed by atoms with Crippen LogP contribution in [0.25, 0.3) is 0 Å². The number of aryl methyl sites for hydroxylation is 3. The highest BCUT2D eigenvalue weighted by atomic mass is 32.2. The van der Waals surface area contributed by atoms with Crippen molar-refractivity contribution in [2.75, 3.05) is 113 Å². The smallest absolute Gasteiger partial charge is 0.230 e. The lowest BCUT2D eigenvalue weighted by molar-refractivity contribution is -0.119. The number of Topliss-reactive ketones (excluding diaryl/α,β-unsaturated/α-hetero) is 7. The number of carbonyl (C=O) groups excluding carboxylic acids is 8. The molecule has 2 heterocycles. The van der Waals surface area contributed by atoms with Gasteiger partial charge >= 0.3 is 0 Å². The average molecular weight is 2070 g/mol. The number of nitrogens with one attached hydrogen (secondary N) is 1. The van der Waals surface area contributed by atoms with Gasteiger partial charge in [-0.25, -0.2) is 4.39 Å². The lowest BCUT2D eigenvalue weighted by Crippen LogP contribution is -2.26. The van der Waals surface area contributed by atoms with Crippen LogP contribution in [0.2, 0.25) is 0 Å². The second-order valence-electron chi connectivity index (χ2n) is 34.0. The molecule has 1 saturated carbocycles. The Balaban J connectivity index is 0.000000221. The van der Waals surface area contributed by atoms with E-state index in [0.717, 1.165) is 132 Å². The SMILES string of the molecule is CC(CC(=O)CSc1ccccc1)c1ccccc1.CCN(CC)CCCC(=O)CSc1ccccc1.CN(C)CCCC(=O)CSc1ccccc1.COc1ccc(CCC(=O)CSc2ccccc2)cc1.O=C(CCCN1CCCC1)CSc1ccccc1.O=C(CCCc1cccc(F)c1)CSc1ccccc1.O=C(CCc1ccco1)CSc1ccccc1.O=C(CSc1ccccc1)NC1CC1. The molecule has 2 fully saturated rings. The first kappa shape index (κ1) is 119. The first-order chi connectivity index (χ1) is 69.2. The summed E-state index contributed by atoms with van der Waals surface area (Å²) in [6.45, 7) is 14.2. The van der Waals surface area contributed by atoms with Crippen molar-refractivity contribution in [3.05, 3.63) is 368 Å². The molecule has 1 aliphatic carbocycles. The largest absolute Gasteiger partial charge is 0.497 e. The number of amides is 1. The minimum absolute atomic E-state index is 0.154. The van der Waals surface area contributed by atoms with E-state index in [4.69, 9.17) is 9.15 Å². The van der Waals surface area contributed by atoms with Gasteiger partial charge in [0.25, 0.3) is 0 Å². The van der Waals surface area contributed by atoms with Crippen molar-refractivity contribution in [3.63, 3.8) is 0 Å². The van der Waals surface area contributed by atoms with Crippen molar-refractivity contribution in [1.29, 1.82) is 0 Å². The second kappa shape index (κ2) is 75.9. The molecule has 1 saturated heterocycles. The Kier molecular flexibility index (Phi) is 63.8. The van der Waals surface area contributed by atoms with Crippen molar-refractivity contribution in [1.82, 2.24) is 20.0 Å². The molecule has 0 spiro atoms. The molecule has 754 valence electrons. The lowest BCUT2D eigenvalue weighted by atomic mass is 9.96. The van der Waals surface area contributed by atoms with Crippen LogP contribution in [0.1, 0.15) is 145 Å².